The van der Waals surface area contributed by atoms with Crippen LogP contribution in [0.5, 0.6) is 0 Å². The maximum absolute atomic E-state index is 11.2. The molecular weight excluding hydrogens is 254 g/mol. The number of aryl methyl sites for hydroxylation is 1. The van der Waals surface area contributed by atoms with Crippen LogP contribution in [0.3, 0.4) is 0 Å². The Hall–Kier alpha value is -2.50. The van der Waals surface area contributed by atoms with Crippen LogP contribution < -0.4 is 16.0 Å². The summed E-state index contributed by atoms with van der Waals surface area (Å²) in [5.74, 6) is 1.00. The zero-order chi connectivity index (χ0) is 14.4. The second-order valence-electron chi connectivity index (χ2n) is 4.26. The topological polar surface area (TPSA) is 71.0 Å². The van der Waals surface area contributed by atoms with Gasteiger partial charge in [0.2, 0.25) is 0 Å². The van der Waals surface area contributed by atoms with E-state index < -0.39 is 0 Å². The highest BCUT2D eigenvalue weighted by atomic mass is 16.2. The Kier molecular flexibility index (Phi) is 4.60. The van der Waals surface area contributed by atoms with Crippen molar-refractivity contribution < 1.29 is 4.79 Å². The van der Waals surface area contributed by atoms with E-state index in [4.69, 9.17) is 0 Å². The number of carbonyl (C=O) groups excluding carboxylic acids is 1. The molecule has 1 heterocycles. The molecule has 1 aromatic carbocycles. The van der Waals surface area contributed by atoms with Gasteiger partial charge in [0.25, 0.3) is 0 Å². The molecule has 0 aliphatic rings. The smallest absolute Gasteiger partial charge is 0.318 e. The minimum Gasteiger partial charge on any atom is -0.378 e. The lowest BCUT2D eigenvalue weighted by Gasteiger charge is -2.09. The van der Waals surface area contributed by atoms with Crippen LogP contribution >= 0.6 is 0 Å². The van der Waals surface area contributed by atoms with E-state index in [1.807, 2.05) is 30.5 Å². The molecule has 0 fully saturated rings. The molecule has 0 atom stereocenters. The van der Waals surface area contributed by atoms with Crippen molar-refractivity contribution in [3.63, 3.8) is 0 Å². The summed E-state index contributed by atoms with van der Waals surface area (Å²) in [6.45, 7) is 3.67. The Balaban J connectivity index is 1.92. The van der Waals surface area contributed by atoms with Crippen LogP contribution in [-0.4, -0.2) is 22.6 Å². The maximum atomic E-state index is 11.2. The highest BCUT2D eigenvalue weighted by Gasteiger charge is 2.02. The summed E-state index contributed by atoms with van der Waals surface area (Å²) >= 11 is 0. The number of urea groups is 1. The molecule has 6 nitrogen and oxygen atoms in total. The van der Waals surface area contributed by atoms with Gasteiger partial charge in [0.1, 0.15) is 5.82 Å². The molecule has 106 valence electrons. The van der Waals surface area contributed by atoms with Gasteiger partial charge in [0.05, 0.1) is 6.54 Å². The Morgan fingerprint density at radius 2 is 1.95 bits per heavy atom. The Morgan fingerprint density at radius 1 is 1.25 bits per heavy atom. The molecule has 0 aliphatic heterocycles. The minimum atomic E-state index is -0.226. The summed E-state index contributed by atoms with van der Waals surface area (Å²) in [6, 6.07) is 7.32. The second kappa shape index (κ2) is 6.60. The lowest BCUT2D eigenvalue weighted by molar-refractivity contribution is 0.254. The lowest BCUT2D eigenvalue weighted by atomic mass is 10.3. The third-order valence-electron chi connectivity index (χ3n) is 2.96. The molecule has 20 heavy (non-hydrogen) atoms. The van der Waals surface area contributed by atoms with Crippen LogP contribution in [0.25, 0.3) is 0 Å². The summed E-state index contributed by atoms with van der Waals surface area (Å²) < 4.78 is 2.09. The molecule has 3 N–H and O–H groups in total. The molecule has 0 saturated carbocycles. The summed E-state index contributed by atoms with van der Waals surface area (Å²) in [6.07, 6.45) is 3.77. The summed E-state index contributed by atoms with van der Waals surface area (Å²) in [5, 5.41) is 8.52. The maximum Gasteiger partial charge on any atom is 0.318 e. The molecule has 0 spiro atoms. The number of aromatic nitrogens is 2. The van der Waals surface area contributed by atoms with Crippen LogP contribution in [0.15, 0.2) is 36.7 Å². The first kappa shape index (κ1) is 13.9. The molecule has 6 heteroatoms. The SMILES string of the molecule is CCn1ccnc1CNc1ccc(NC(=O)NC)cc1. The third-order valence-corrected chi connectivity index (χ3v) is 2.96. The Bertz CT molecular complexity index is 561. The first-order valence-electron chi connectivity index (χ1n) is 6.55. The predicted molar refractivity (Wildman–Crippen MR) is 79.7 cm³/mol. The number of hydrogen-bond acceptors (Lipinski definition) is 3. The molecule has 0 unspecified atom stereocenters. The lowest BCUT2D eigenvalue weighted by Crippen LogP contribution is -2.24. The molecule has 2 amide bonds. The summed E-state index contributed by atoms with van der Waals surface area (Å²) in [5.41, 5.74) is 1.74. The van der Waals surface area contributed by atoms with Gasteiger partial charge in [-0.2, -0.15) is 0 Å². The number of rotatable bonds is 5. The molecule has 2 rings (SSSR count). The number of carbonyl (C=O) groups is 1. The van der Waals surface area contributed by atoms with Gasteiger partial charge in [-0.15, -0.1) is 0 Å². The molecular formula is C14H19N5O. The van der Waals surface area contributed by atoms with Crippen molar-refractivity contribution in [2.24, 2.45) is 0 Å². The zero-order valence-corrected chi connectivity index (χ0v) is 11.7. The number of nitrogens with zero attached hydrogens (tertiary/aromatic N) is 2. The van der Waals surface area contributed by atoms with Crippen LogP contribution in [0, 0.1) is 0 Å². The van der Waals surface area contributed by atoms with Crippen molar-refractivity contribution in [3.05, 3.63) is 42.5 Å². The van der Waals surface area contributed by atoms with Crippen molar-refractivity contribution in [2.75, 3.05) is 17.7 Å². The molecule has 0 saturated heterocycles. The fraction of sp³-hybridized carbons (Fsp3) is 0.286. The first-order valence-corrected chi connectivity index (χ1v) is 6.55. The van der Waals surface area contributed by atoms with E-state index in [-0.39, 0.29) is 6.03 Å². The summed E-state index contributed by atoms with van der Waals surface area (Å²) in [4.78, 5) is 15.5. The molecule has 0 aliphatic carbocycles. The normalized spacial score (nSPS) is 10.1. The van der Waals surface area contributed by atoms with Crippen molar-refractivity contribution in [1.29, 1.82) is 0 Å². The predicted octanol–water partition coefficient (Wildman–Crippen LogP) is 2.27. The highest BCUT2D eigenvalue weighted by molar-refractivity contribution is 5.89. The second-order valence-corrected chi connectivity index (χ2v) is 4.26. The van der Waals surface area contributed by atoms with E-state index >= 15 is 0 Å². The number of nitrogens with one attached hydrogen (secondary N) is 3. The van der Waals surface area contributed by atoms with E-state index in [1.165, 1.54) is 0 Å². The average molecular weight is 273 g/mol. The van der Waals surface area contributed by atoms with Crippen LogP contribution in [0.1, 0.15) is 12.7 Å². The number of anilines is 2. The van der Waals surface area contributed by atoms with Gasteiger partial charge in [0.15, 0.2) is 0 Å². The molecule has 0 radical (unpaired) electrons. The number of imidazole rings is 1. The Labute approximate surface area is 118 Å². The van der Waals surface area contributed by atoms with Gasteiger partial charge in [-0.25, -0.2) is 9.78 Å². The number of benzene rings is 1. The van der Waals surface area contributed by atoms with E-state index in [1.54, 1.807) is 13.2 Å². The van der Waals surface area contributed by atoms with Gasteiger partial charge >= 0.3 is 6.03 Å². The van der Waals surface area contributed by atoms with Gasteiger partial charge in [-0.1, -0.05) is 0 Å². The van der Waals surface area contributed by atoms with Crippen molar-refractivity contribution in [3.8, 4) is 0 Å². The quantitative estimate of drug-likeness (QED) is 0.782. The van der Waals surface area contributed by atoms with Gasteiger partial charge in [-0.05, 0) is 31.2 Å². The van der Waals surface area contributed by atoms with Crippen molar-refractivity contribution >= 4 is 17.4 Å². The van der Waals surface area contributed by atoms with Gasteiger partial charge in [0, 0.05) is 37.4 Å². The minimum absolute atomic E-state index is 0.226. The van der Waals surface area contributed by atoms with E-state index in [0.29, 0.717) is 6.54 Å². The van der Waals surface area contributed by atoms with Crippen LogP contribution in [-0.2, 0) is 13.1 Å². The summed E-state index contributed by atoms with van der Waals surface area (Å²) in [7, 11) is 1.58. The zero-order valence-electron chi connectivity index (χ0n) is 11.7. The number of hydrogen-bond donors (Lipinski definition) is 3. The van der Waals surface area contributed by atoms with Crippen molar-refractivity contribution in [2.45, 2.75) is 20.0 Å². The largest absolute Gasteiger partial charge is 0.378 e. The first-order chi connectivity index (χ1) is 9.72. The van der Waals surface area contributed by atoms with E-state index in [0.717, 1.165) is 23.7 Å². The van der Waals surface area contributed by atoms with E-state index in [2.05, 4.69) is 32.4 Å². The molecule has 1 aromatic heterocycles. The average Bonchev–Trinajstić information content (AvgIpc) is 2.94. The van der Waals surface area contributed by atoms with Crippen LogP contribution in [0.4, 0.5) is 16.2 Å². The fourth-order valence-electron chi connectivity index (χ4n) is 1.84. The standard InChI is InChI=1S/C14H19N5O/c1-3-19-9-8-16-13(19)10-17-11-4-6-12(7-5-11)18-14(20)15-2/h4-9,17H,3,10H2,1-2H3,(H2,15,18,20). The Morgan fingerprint density at radius 3 is 2.60 bits per heavy atom. The monoisotopic (exact) mass is 273 g/mol. The van der Waals surface area contributed by atoms with Gasteiger partial charge in [-0.3, -0.25) is 0 Å². The number of amides is 2. The van der Waals surface area contributed by atoms with Crippen LogP contribution in [0.2, 0.25) is 0 Å². The van der Waals surface area contributed by atoms with Crippen molar-refractivity contribution in [1.82, 2.24) is 14.9 Å². The fourth-order valence-corrected chi connectivity index (χ4v) is 1.84. The molecule has 2 aromatic rings. The third kappa shape index (κ3) is 3.50. The molecule has 0 bridgehead atoms. The van der Waals surface area contributed by atoms with Gasteiger partial charge < -0.3 is 20.5 Å². The van der Waals surface area contributed by atoms with E-state index in [9.17, 15) is 4.79 Å². The highest BCUT2D eigenvalue weighted by Crippen LogP contribution is 2.14.